The normalized spacial score (nSPS) is 14.5. The molecule has 92 valence electrons. The number of aliphatic imine (C=N–C) groups is 1. The Kier molecular flexibility index (Phi) is 4.05. The van der Waals surface area contributed by atoms with Gasteiger partial charge in [0.05, 0.1) is 6.04 Å². The van der Waals surface area contributed by atoms with E-state index in [1.165, 1.54) is 0 Å². The molecule has 0 aliphatic heterocycles. The average molecular weight is 233 g/mol. The molecule has 0 bridgehead atoms. The van der Waals surface area contributed by atoms with Crippen molar-refractivity contribution in [2.75, 3.05) is 0 Å². The molecule has 1 atom stereocenters. The molecule has 3 nitrogen and oxygen atoms in total. The van der Waals surface area contributed by atoms with Gasteiger partial charge in [0.25, 0.3) is 0 Å². The van der Waals surface area contributed by atoms with Crippen molar-refractivity contribution in [3.63, 3.8) is 0 Å². The van der Waals surface area contributed by atoms with Gasteiger partial charge in [0.2, 0.25) is 0 Å². The van der Waals surface area contributed by atoms with Crippen LogP contribution in [-0.4, -0.2) is 16.8 Å². The predicted molar refractivity (Wildman–Crippen MR) is 69.4 cm³/mol. The fourth-order valence-corrected chi connectivity index (χ4v) is 1.57. The van der Waals surface area contributed by atoms with Crippen LogP contribution in [0.1, 0.15) is 39.3 Å². The van der Waals surface area contributed by atoms with Crippen LogP contribution in [-0.2, 0) is 4.79 Å². The Hall–Kier alpha value is -1.64. The maximum atomic E-state index is 11.2. The molecule has 1 N–H and O–H groups in total. The summed E-state index contributed by atoms with van der Waals surface area (Å²) >= 11 is 0. The standard InChI is InChI=1S/C14H19NO2/c1-10(11-8-6-5-7-9-11)15-12(13(16)17)14(2,3)4/h5-10H,1-4H3,(H,16,17)/b15-12+/t10-/m1/s1. The van der Waals surface area contributed by atoms with E-state index >= 15 is 0 Å². The lowest BCUT2D eigenvalue weighted by Crippen LogP contribution is -2.29. The van der Waals surface area contributed by atoms with Crippen molar-refractivity contribution in [2.24, 2.45) is 10.4 Å². The summed E-state index contributed by atoms with van der Waals surface area (Å²) in [7, 11) is 0. The van der Waals surface area contributed by atoms with Crippen molar-refractivity contribution < 1.29 is 9.90 Å². The number of hydrogen-bond donors (Lipinski definition) is 1. The van der Waals surface area contributed by atoms with E-state index in [2.05, 4.69) is 4.99 Å². The van der Waals surface area contributed by atoms with Crippen molar-refractivity contribution in [3.8, 4) is 0 Å². The number of aliphatic carboxylic acids is 1. The predicted octanol–water partition coefficient (Wildman–Crippen LogP) is 3.32. The summed E-state index contributed by atoms with van der Waals surface area (Å²) in [5, 5.41) is 9.17. The molecule has 1 aromatic rings. The van der Waals surface area contributed by atoms with E-state index in [1.807, 2.05) is 58.0 Å². The molecule has 3 heteroatoms. The third-order valence-corrected chi connectivity index (χ3v) is 2.52. The zero-order chi connectivity index (χ0) is 13.1. The van der Waals surface area contributed by atoms with E-state index < -0.39 is 11.4 Å². The lowest BCUT2D eigenvalue weighted by molar-refractivity contribution is -0.129. The van der Waals surface area contributed by atoms with Gasteiger partial charge in [0.15, 0.2) is 0 Å². The van der Waals surface area contributed by atoms with Gasteiger partial charge < -0.3 is 5.11 Å². The van der Waals surface area contributed by atoms with Gasteiger partial charge >= 0.3 is 5.97 Å². The third-order valence-electron chi connectivity index (χ3n) is 2.52. The molecule has 0 unspecified atom stereocenters. The van der Waals surface area contributed by atoms with Crippen molar-refractivity contribution in [1.82, 2.24) is 0 Å². The summed E-state index contributed by atoms with van der Waals surface area (Å²) in [4.78, 5) is 15.5. The lowest BCUT2D eigenvalue weighted by Gasteiger charge is -2.20. The highest BCUT2D eigenvalue weighted by Gasteiger charge is 2.26. The van der Waals surface area contributed by atoms with Crippen LogP contribution in [0.15, 0.2) is 35.3 Å². The van der Waals surface area contributed by atoms with Crippen molar-refractivity contribution in [1.29, 1.82) is 0 Å². The first-order chi connectivity index (χ1) is 7.82. The molecule has 0 amide bonds. The van der Waals surface area contributed by atoms with Gasteiger partial charge in [-0.2, -0.15) is 0 Å². The minimum atomic E-state index is -0.944. The Morgan fingerprint density at radius 1 is 1.24 bits per heavy atom. The largest absolute Gasteiger partial charge is 0.477 e. The molecule has 1 rings (SSSR count). The van der Waals surface area contributed by atoms with Crippen molar-refractivity contribution in [2.45, 2.75) is 33.7 Å². The van der Waals surface area contributed by atoms with E-state index in [4.69, 9.17) is 0 Å². The Bertz CT molecular complexity index is 416. The molecular weight excluding hydrogens is 214 g/mol. The zero-order valence-electron chi connectivity index (χ0n) is 10.8. The number of carboxylic acids is 1. The second-order valence-corrected chi connectivity index (χ2v) is 5.12. The quantitative estimate of drug-likeness (QED) is 0.814. The molecule has 0 aromatic heterocycles. The highest BCUT2D eigenvalue weighted by atomic mass is 16.4. The van der Waals surface area contributed by atoms with E-state index in [0.717, 1.165) is 5.56 Å². The van der Waals surface area contributed by atoms with Crippen molar-refractivity contribution >= 4 is 11.7 Å². The summed E-state index contributed by atoms with van der Waals surface area (Å²) < 4.78 is 0. The highest BCUT2D eigenvalue weighted by molar-refractivity contribution is 6.37. The monoisotopic (exact) mass is 233 g/mol. The maximum Gasteiger partial charge on any atom is 0.350 e. The van der Waals surface area contributed by atoms with Gasteiger partial charge in [-0.25, -0.2) is 4.79 Å². The summed E-state index contributed by atoms with van der Waals surface area (Å²) in [5.74, 6) is -0.944. The van der Waals surface area contributed by atoms with E-state index in [1.54, 1.807) is 0 Å². The summed E-state index contributed by atoms with van der Waals surface area (Å²) in [6.07, 6.45) is 0. The van der Waals surface area contributed by atoms with Gasteiger partial charge in [0.1, 0.15) is 5.71 Å². The van der Waals surface area contributed by atoms with Gasteiger partial charge in [-0.15, -0.1) is 0 Å². The number of benzene rings is 1. The molecule has 0 heterocycles. The minimum absolute atomic E-state index is 0.137. The fourth-order valence-electron chi connectivity index (χ4n) is 1.57. The first-order valence-corrected chi connectivity index (χ1v) is 5.69. The SMILES string of the molecule is C[C@@H](/N=C(\C(=O)O)C(C)(C)C)c1ccccc1. The zero-order valence-corrected chi connectivity index (χ0v) is 10.8. The number of hydrogen-bond acceptors (Lipinski definition) is 2. The first-order valence-electron chi connectivity index (χ1n) is 5.69. The maximum absolute atomic E-state index is 11.2. The smallest absolute Gasteiger partial charge is 0.350 e. The molecule has 0 spiro atoms. The summed E-state index contributed by atoms with van der Waals surface area (Å²) in [6, 6.07) is 9.56. The van der Waals surface area contributed by atoms with Gasteiger partial charge in [0, 0.05) is 5.41 Å². The minimum Gasteiger partial charge on any atom is -0.477 e. The average Bonchev–Trinajstić information content (AvgIpc) is 2.24. The first kappa shape index (κ1) is 13.4. The number of carbonyl (C=O) groups is 1. The van der Waals surface area contributed by atoms with Crippen LogP contribution in [0.2, 0.25) is 0 Å². The number of nitrogens with zero attached hydrogens (tertiary/aromatic N) is 1. The Labute approximate surface area is 102 Å². The van der Waals surface area contributed by atoms with E-state index in [9.17, 15) is 9.90 Å². The summed E-state index contributed by atoms with van der Waals surface area (Å²) in [6.45, 7) is 7.48. The third kappa shape index (κ3) is 3.70. The van der Waals surface area contributed by atoms with Gasteiger partial charge in [-0.1, -0.05) is 51.1 Å². The number of carboxylic acid groups (broad SMARTS) is 1. The molecule has 0 saturated heterocycles. The van der Waals surface area contributed by atoms with Crippen LogP contribution >= 0.6 is 0 Å². The van der Waals surface area contributed by atoms with Gasteiger partial charge in [-0.3, -0.25) is 4.99 Å². The van der Waals surface area contributed by atoms with Crippen LogP contribution in [0.25, 0.3) is 0 Å². The van der Waals surface area contributed by atoms with E-state index in [-0.39, 0.29) is 11.8 Å². The Balaban J connectivity index is 3.04. The van der Waals surface area contributed by atoms with Gasteiger partial charge in [-0.05, 0) is 12.5 Å². The molecule has 0 fully saturated rings. The van der Waals surface area contributed by atoms with Crippen LogP contribution in [0.3, 0.4) is 0 Å². The molecule has 0 radical (unpaired) electrons. The fraction of sp³-hybridized carbons (Fsp3) is 0.429. The second-order valence-electron chi connectivity index (χ2n) is 5.12. The highest BCUT2D eigenvalue weighted by Crippen LogP contribution is 2.22. The molecule has 17 heavy (non-hydrogen) atoms. The van der Waals surface area contributed by atoms with Crippen LogP contribution < -0.4 is 0 Å². The molecule has 1 aromatic carbocycles. The topological polar surface area (TPSA) is 49.7 Å². The Morgan fingerprint density at radius 3 is 2.18 bits per heavy atom. The molecule has 0 aliphatic carbocycles. The molecular formula is C14H19NO2. The van der Waals surface area contributed by atoms with Crippen molar-refractivity contribution in [3.05, 3.63) is 35.9 Å². The van der Waals surface area contributed by atoms with Crippen LogP contribution in [0.5, 0.6) is 0 Å². The Morgan fingerprint density at radius 2 is 1.76 bits per heavy atom. The summed E-state index contributed by atoms with van der Waals surface area (Å²) in [5.41, 5.74) is 0.791. The number of rotatable bonds is 3. The van der Waals surface area contributed by atoms with Crippen LogP contribution in [0.4, 0.5) is 0 Å². The molecule has 0 saturated carbocycles. The van der Waals surface area contributed by atoms with E-state index in [0.29, 0.717) is 0 Å². The lowest BCUT2D eigenvalue weighted by atomic mass is 9.89. The second kappa shape index (κ2) is 5.13. The van der Waals surface area contributed by atoms with Crippen LogP contribution in [0, 0.1) is 5.41 Å². The molecule has 0 aliphatic rings.